The van der Waals surface area contributed by atoms with Gasteiger partial charge in [0.15, 0.2) is 0 Å². The number of benzene rings is 1. The van der Waals surface area contributed by atoms with Crippen LogP contribution in [0.5, 0.6) is 5.75 Å². The van der Waals surface area contributed by atoms with E-state index in [1.807, 2.05) is 38.2 Å². The molecule has 0 aliphatic heterocycles. The van der Waals surface area contributed by atoms with Crippen molar-refractivity contribution in [3.05, 3.63) is 29.8 Å². The van der Waals surface area contributed by atoms with E-state index in [-0.39, 0.29) is 24.9 Å². The maximum Gasteiger partial charge on any atom is 0.472 e. The van der Waals surface area contributed by atoms with Gasteiger partial charge in [-0.05, 0) is 62.9 Å². The maximum absolute atomic E-state index is 12.3. The van der Waals surface area contributed by atoms with Gasteiger partial charge in [-0.25, -0.2) is 4.57 Å². The molecule has 2 atom stereocenters. The summed E-state index contributed by atoms with van der Waals surface area (Å²) in [6, 6.07) is 7.90. The molecular formula is C31H56NO6P. The van der Waals surface area contributed by atoms with Crippen LogP contribution in [0.3, 0.4) is 0 Å². The molecule has 0 bridgehead atoms. The maximum atomic E-state index is 12.3. The molecule has 0 saturated carbocycles. The van der Waals surface area contributed by atoms with Gasteiger partial charge in [0.05, 0.1) is 19.8 Å². The SMILES string of the molecule is CCCCCCCCCCCCCOc1cccc(CC(COP(=O)(O)OCCCCNC)CC(=O)CC)c1. The standard InChI is InChI=1S/C31H56NO6P/c1-4-6-7-8-9-10-11-12-13-14-16-22-36-31-20-18-19-28(26-31)24-29(25-30(33)5-2)27-38-39(34,35)37-23-17-15-21-32-3/h18-20,26,29,32H,4-17,21-25,27H2,1-3H3,(H,34,35). The lowest BCUT2D eigenvalue weighted by Gasteiger charge is -2.19. The molecule has 0 amide bonds. The van der Waals surface area contributed by atoms with E-state index in [1.54, 1.807) is 0 Å². The number of ether oxygens (including phenoxy) is 1. The van der Waals surface area contributed by atoms with Crippen LogP contribution < -0.4 is 10.1 Å². The molecule has 0 radical (unpaired) electrons. The lowest BCUT2D eigenvalue weighted by Crippen LogP contribution is -2.17. The van der Waals surface area contributed by atoms with E-state index < -0.39 is 7.82 Å². The molecule has 2 N–H and O–H groups in total. The van der Waals surface area contributed by atoms with Crippen LogP contribution in [0.1, 0.15) is 116 Å². The smallest absolute Gasteiger partial charge is 0.472 e. The number of nitrogens with one attached hydrogen (secondary N) is 1. The molecule has 0 heterocycles. The third-order valence-corrected chi connectivity index (χ3v) is 7.88. The van der Waals surface area contributed by atoms with E-state index in [0.29, 0.717) is 32.3 Å². The van der Waals surface area contributed by atoms with Gasteiger partial charge < -0.3 is 14.9 Å². The van der Waals surface area contributed by atoms with Crippen molar-refractivity contribution in [3.8, 4) is 5.75 Å². The van der Waals surface area contributed by atoms with Crippen LogP contribution in [0.2, 0.25) is 0 Å². The van der Waals surface area contributed by atoms with E-state index in [2.05, 4.69) is 12.2 Å². The molecule has 1 rings (SSSR count). The molecule has 1 aromatic rings. The molecule has 0 fully saturated rings. The Morgan fingerprint density at radius 1 is 0.897 bits per heavy atom. The van der Waals surface area contributed by atoms with Gasteiger partial charge in [-0.2, -0.15) is 0 Å². The monoisotopic (exact) mass is 569 g/mol. The number of carbonyl (C=O) groups excluding carboxylic acids is 1. The number of carbonyl (C=O) groups is 1. The summed E-state index contributed by atoms with van der Waals surface area (Å²) in [7, 11) is -2.29. The molecule has 7 nitrogen and oxygen atoms in total. The van der Waals surface area contributed by atoms with Gasteiger partial charge in [0.2, 0.25) is 0 Å². The lowest BCUT2D eigenvalue weighted by atomic mass is 9.94. The van der Waals surface area contributed by atoms with Gasteiger partial charge in [0.25, 0.3) is 0 Å². The lowest BCUT2D eigenvalue weighted by molar-refractivity contribution is -0.120. The molecule has 39 heavy (non-hydrogen) atoms. The van der Waals surface area contributed by atoms with Gasteiger partial charge in [0.1, 0.15) is 11.5 Å². The molecule has 1 aromatic carbocycles. The van der Waals surface area contributed by atoms with Crippen molar-refractivity contribution in [2.45, 2.75) is 117 Å². The van der Waals surface area contributed by atoms with Crippen molar-refractivity contribution < 1.29 is 28.0 Å². The van der Waals surface area contributed by atoms with E-state index in [4.69, 9.17) is 13.8 Å². The Morgan fingerprint density at radius 2 is 1.54 bits per heavy atom. The summed E-state index contributed by atoms with van der Waals surface area (Å²) in [5.74, 6) is 0.708. The molecule has 8 heteroatoms. The predicted octanol–water partition coefficient (Wildman–Crippen LogP) is 8.04. The Balaban J connectivity index is 2.39. The Kier molecular flexibility index (Phi) is 21.5. The van der Waals surface area contributed by atoms with Crippen LogP contribution in [-0.2, 0) is 24.8 Å². The second-order valence-electron chi connectivity index (χ2n) is 10.6. The fraction of sp³-hybridized carbons (Fsp3) is 0.774. The molecule has 0 spiro atoms. The van der Waals surface area contributed by atoms with Crippen LogP contribution in [0, 0.1) is 5.92 Å². The Morgan fingerprint density at radius 3 is 2.18 bits per heavy atom. The fourth-order valence-corrected chi connectivity index (χ4v) is 5.36. The van der Waals surface area contributed by atoms with E-state index in [0.717, 1.165) is 30.7 Å². The Labute approximate surface area is 238 Å². The van der Waals surface area contributed by atoms with Crippen LogP contribution in [0.25, 0.3) is 0 Å². The van der Waals surface area contributed by atoms with Gasteiger partial charge in [-0.1, -0.05) is 90.2 Å². The minimum Gasteiger partial charge on any atom is -0.494 e. The highest BCUT2D eigenvalue weighted by atomic mass is 31.2. The zero-order valence-corrected chi connectivity index (χ0v) is 25.9. The van der Waals surface area contributed by atoms with E-state index in [1.165, 1.54) is 64.2 Å². The van der Waals surface area contributed by atoms with Gasteiger partial charge in [-0.15, -0.1) is 0 Å². The average molecular weight is 570 g/mol. The van der Waals surface area contributed by atoms with Crippen LogP contribution in [0.4, 0.5) is 0 Å². The van der Waals surface area contributed by atoms with E-state index in [9.17, 15) is 14.3 Å². The van der Waals surface area contributed by atoms with Crippen molar-refractivity contribution in [2.24, 2.45) is 5.92 Å². The molecule has 0 aliphatic rings. The molecule has 0 saturated heterocycles. The topological polar surface area (TPSA) is 94.1 Å². The zero-order chi connectivity index (χ0) is 28.6. The summed E-state index contributed by atoms with van der Waals surface area (Å²) in [6.45, 7) is 5.75. The molecule has 226 valence electrons. The molecular weight excluding hydrogens is 513 g/mol. The van der Waals surface area contributed by atoms with Crippen molar-refractivity contribution in [1.29, 1.82) is 0 Å². The minimum atomic E-state index is -4.15. The van der Waals surface area contributed by atoms with Crippen molar-refractivity contribution in [2.75, 3.05) is 33.4 Å². The zero-order valence-electron chi connectivity index (χ0n) is 25.0. The average Bonchev–Trinajstić information content (AvgIpc) is 2.92. The number of Topliss-reactive ketones (excluding diaryl/α,β-unsaturated/α-hetero) is 1. The normalized spacial score (nSPS) is 13.7. The Hall–Kier alpha value is -1.24. The number of hydrogen-bond acceptors (Lipinski definition) is 6. The highest BCUT2D eigenvalue weighted by molar-refractivity contribution is 7.47. The largest absolute Gasteiger partial charge is 0.494 e. The highest BCUT2D eigenvalue weighted by Crippen LogP contribution is 2.44. The number of unbranched alkanes of at least 4 members (excludes halogenated alkanes) is 11. The first-order valence-corrected chi connectivity index (χ1v) is 16.9. The molecule has 0 aromatic heterocycles. The number of phosphoric ester groups is 1. The Bertz CT molecular complexity index is 790. The van der Waals surface area contributed by atoms with E-state index >= 15 is 0 Å². The third-order valence-electron chi connectivity index (χ3n) is 6.90. The highest BCUT2D eigenvalue weighted by Gasteiger charge is 2.24. The summed E-state index contributed by atoms with van der Waals surface area (Å²) in [5.41, 5.74) is 1.02. The van der Waals surface area contributed by atoms with Gasteiger partial charge in [0, 0.05) is 12.8 Å². The van der Waals surface area contributed by atoms with Crippen LogP contribution >= 0.6 is 7.82 Å². The predicted molar refractivity (Wildman–Crippen MR) is 160 cm³/mol. The first-order chi connectivity index (χ1) is 18.9. The fourth-order valence-electron chi connectivity index (χ4n) is 4.53. The minimum absolute atomic E-state index is 0.0140. The summed E-state index contributed by atoms with van der Waals surface area (Å²) >= 11 is 0. The van der Waals surface area contributed by atoms with Crippen molar-refractivity contribution >= 4 is 13.6 Å². The third kappa shape index (κ3) is 20.3. The molecule has 2 unspecified atom stereocenters. The number of phosphoric acid groups is 1. The summed E-state index contributed by atoms with van der Waals surface area (Å²) < 4.78 is 28.7. The summed E-state index contributed by atoms with van der Waals surface area (Å²) in [6.07, 6.45) is 17.1. The second kappa shape index (κ2) is 23.5. The van der Waals surface area contributed by atoms with Crippen LogP contribution in [0.15, 0.2) is 24.3 Å². The summed E-state index contributed by atoms with van der Waals surface area (Å²) in [5, 5.41) is 3.03. The van der Waals surface area contributed by atoms with Gasteiger partial charge >= 0.3 is 7.82 Å². The first-order valence-electron chi connectivity index (χ1n) is 15.4. The number of hydrogen-bond donors (Lipinski definition) is 2. The molecule has 0 aliphatic carbocycles. The van der Waals surface area contributed by atoms with Crippen molar-refractivity contribution in [1.82, 2.24) is 5.32 Å². The second-order valence-corrected chi connectivity index (χ2v) is 12.1. The number of rotatable bonds is 27. The van der Waals surface area contributed by atoms with Gasteiger partial charge in [-0.3, -0.25) is 13.8 Å². The summed E-state index contributed by atoms with van der Waals surface area (Å²) in [4.78, 5) is 22.2. The first kappa shape index (κ1) is 35.8. The number of ketones is 1. The quantitative estimate of drug-likeness (QED) is 0.0818. The van der Waals surface area contributed by atoms with Crippen molar-refractivity contribution in [3.63, 3.8) is 0 Å². The van der Waals surface area contributed by atoms with Crippen LogP contribution in [-0.4, -0.2) is 44.1 Å².